The lowest BCUT2D eigenvalue weighted by Gasteiger charge is -2.26. The number of para-hydroxylation sites is 1. The zero-order valence-electron chi connectivity index (χ0n) is 26.3. The van der Waals surface area contributed by atoms with Gasteiger partial charge in [-0.1, -0.05) is 146 Å². The van der Waals surface area contributed by atoms with Gasteiger partial charge in [-0.2, -0.15) is 0 Å². The zero-order chi connectivity index (χ0) is 31.9. The first-order valence-electron chi connectivity index (χ1n) is 16.4. The number of hydrogen-bond donors (Lipinski definition) is 0. The highest BCUT2D eigenvalue weighted by molar-refractivity contribution is 7.26. The molecule has 1 nitrogen and oxygen atoms in total. The third-order valence-corrected chi connectivity index (χ3v) is 10.5. The first kappa shape index (κ1) is 28.3. The van der Waals surface area contributed by atoms with Gasteiger partial charge >= 0.3 is 0 Å². The molecule has 0 spiro atoms. The molecule has 0 saturated heterocycles. The summed E-state index contributed by atoms with van der Waals surface area (Å²) < 4.78 is 2.67. The Kier molecular flexibility index (Phi) is 7.07. The number of nitrogens with zero attached hydrogens (tertiary/aromatic N) is 1. The monoisotopic (exact) mass is 629 g/mol. The Morgan fingerprint density at radius 3 is 1.40 bits per heavy atom. The Morgan fingerprint density at radius 2 is 0.750 bits per heavy atom. The topological polar surface area (TPSA) is 3.24 Å². The Hall–Kier alpha value is -5.96. The summed E-state index contributed by atoms with van der Waals surface area (Å²) in [6.45, 7) is 0. The molecule has 9 aromatic rings. The maximum absolute atomic E-state index is 2.34. The minimum Gasteiger partial charge on any atom is -0.311 e. The van der Waals surface area contributed by atoms with Gasteiger partial charge in [-0.15, -0.1) is 11.3 Å². The van der Waals surface area contributed by atoms with Gasteiger partial charge in [0.05, 0.1) is 0 Å². The first-order valence-corrected chi connectivity index (χ1v) is 17.2. The summed E-state index contributed by atoms with van der Waals surface area (Å²) >= 11 is 1.90. The molecule has 0 aliphatic carbocycles. The molecule has 2 heteroatoms. The van der Waals surface area contributed by atoms with Crippen molar-refractivity contribution < 1.29 is 0 Å². The van der Waals surface area contributed by atoms with Crippen LogP contribution in [0, 0.1) is 0 Å². The standard InChI is InChI=1S/C46H31NS/c1-4-14-32(15-5-1)33-24-28-37(29-25-33)47(36-18-8-3-9-19-36)38-30-26-35(27-31-38)43-39-20-10-11-21-40(39)46-45(41-22-12-13-23-42(41)48-46)44(43)34-16-6-2-7-17-34/h1-31H. The summed E-state index contributed by atoms with van der Waals surface area (Å²) in [4.78, 5) is 2.34. The van der Waals surface area contributed by atoms with Gasteiger partial charge < -0.3 is 4.90 Å². The molecular formula is C46H31NS. The largest absolute Gasteiger partial charge is 0.311 e. The molecule has 1 heterocycles. The van der Waals surface area contributed by atoms with E-state index >= 15 is 0 Å². The normalized spacial score (nSPS) is 11.3. The molecule has 9 rings (SSSR count). The molecule has 0 aliphatic heterocycles. The van der Waals surface area contributed by atoms with Crippen molar-refractivity contribution in [2.45, 2.75) is 0 Å². The van der Waals surface area contributed by atoms with Gasteiger partial charge in [0.15, 0.2) is 0 Å². The fourth-order valence-corrected chi connectivity index (χ4v) is 8.32. The van der Waals surface area contributed by atoms with Crippen LogP contribution >= 0.6 is 11.3 Å². The van der Waals surface area contributed by atoms with Gasteiger partial charge in [0.2, 0.25) is 0 Å². The predicted molar refractivity (Wildman–Crippen MR) is 208 cm³/mol. The number of fused-ring (bicyclic) bond motifs is 5. The quantitative estimate of drug-likeness (QED) is 0.177. The molecule has 0 amide bonds. The van der Waals surface area contributed by atoms with Crippen molar-refractivity contribution in [2.75, 3.05) is 4.90 Å². The second-order valence-electron chi connectivity index (χ2n) is 12.1. The summed E-state index contributed by atoms with van der Waals surface area (Å²) in [5, 5.41) is 5.23. The van der Waals surface area contributed by atoms with Crippen molar-refractivity contribution in [3.8, 4) is 33.4 Å². The van der Waals surface area contributed by atoms with Crippen molar-refractivity contribution in [3.05, 3.63) is 188 Å². The van der Waals surface area contributed by atoms with Crippen LogP contribution in [0.4, 0.5) is 17.1 Å². The Labute approximate surface area is 284 Å². The maximum Gasteiger partial charge on any atom is 0.0462 e. The molecule has 0 aliphatic rings. The van der Waals surface area contributed by atoms with Gasteiger partial charge in [-0.25, -0.2) is 0 Å². The van der Waals surface area contributed by atoms with Crippen LogP contribution in [-0.2, 0) is 0 Å². The molecule has 0 radical (unpaired) electrons. The molecular weight excluding hydrogens is 599 g/mol. The molecule has 226 valence electrons. The highest BCUT2D eigenvalue weighted by atomic mass is 32.1. The third-order valence-electron chi connectivity index (χ3n) is 9.26. The van der Waals surface area contributed by atoms with Gasteiger partial charge in [0, 0.05) is 42.6 Å². The molecule has 0 saturated carbocycles. The minimum atomic E-state index is 1.12. The van der Waals surface area contributed by atoms with Gasteiger partial charge in [0.25, 0.3) is 0 Å². The lowest BCUT2D eigenvalue weighted by atomic mass is 9.86. The second kappa shape index (κ2) is 12.0. The van der Waals surface area contributed by atoms with Gasteiger partial charge in [-0.3, -0.25) is 0 Å². The van der Waals surface area contributed by atoms with Crippen LogP contribution in [0.2, 0.25) is 0 Å². The van der Waals surface area contributed by atoms with E-state index in [2.05, 4.69) is 193 Å². The van der Waals surface area contributed by atoms with Crippen molar-refractivity contribution in [3.63, 3.8) is 0 Å². The molecule has 0 fully saturated rings. The molecule has 0 unspecified atom stereocenters. The van der Waals surface area contributed by atoms with E-state index in [4.69, 9.17) is 0 Å². The highest BCUT2D eigenvalue weighted by Gasteiger charge is 2.21. The van der Waals surface area contributed by atoms with Crippen LogP contribution in [0.5, 0.6) is 0 Å². The highest BCUT2D eigenvalue weighted by Crippen LogP contribution is 2.50. The minimum absolute atomic E-state index is 1.12. The van der Waals surface area contributed by atoms with Gasteiger partial charge in [-0.05, 0) is 81.2 Å². The number of anilines is 3. The number of benzene rings is 8. The average Bonchev–Trinajstić information content (AvgIpc) is 3.56. The van der Waals surface area contributed by atoms with E-state index in [0.29, 0.717) is 0 Å². The van der Waals surface area contributed by atoms with Crippen LogP contribution in [0.15, 0.2) is 188 Å². The first-order chi connectivity index (χ1) is 23.8. The molecule has 8 aromatic carbocycles. The molecule has 0 N–H and O–H groups in total. The second-order valence-corrected chi connectivity index (χ2v) is 13.1. The van der Waals surface area contributed by atoms with Crippen LogP contribution in [-0.4, -0.2) is 0 Å². The summed E-state index contributed by atoms with van der Waals surface area (Å²) in [5.41, 5.74) is 10.8. The predicted octanol–water partition coefficient (Wildman–Crippen LogP) is 13.7. The lowest BCUT2D eigenvalue weighted by Crippen LogP contribution is -2.09. The van der Waals surface area contributed by atoms with Crippen molar-refractivity contribution in [1.82, 2.24) is 0 Å². The Morgan fingerprint density at radius 1 is 0.312 bits per heavy atom. The van der Waals surface area contributed by atoms with E-state index < -0.39 is 0 Å². The van der Waals surface area contributed by atoms with E-state index in [1.807, 2.05) is 11.3 Å². The van der Waals surface area contributed by atoms with Crippen LogP contribution in [0.25, 0.3) is 64.3 Å². The summed E-state index contributed by atoms with van der Waals surface area (Å²) in [7, 11) is 0. The van der Waals surface area contributed by atoms with E-state index in [-0.39, 0.29) is 0 Å². The molecule has 1 aromatic heterocycles. The average molecular weight is 630 g/mol. The van der Waals surface area contributed by atoms with E-state index in [9.17, 15) is 0 Å². The maximum atomic E-state index is 2.34. The SMILES string of the molecule is c1ccc(-c2ccc(N(c3ccccc3)c3ccc(-c4c(-c5ccccc5)c5c6ccccc6sc5c5ccccc45)cc3)cc2)cc1. The van der Waals surface area contributed by atoms with Crippen LogP contribution < -0.4 is 4.90 Å². The van der Waals surface area contributed by atoms with Crippen LogP contribution in [0.1, 0.15) is 0 Å². The Bertz CT molecular complexity index is 2520. The van der Waals surface area contributed by atoms with E-state index in [1.165, 1.54) is 64.3 Å². The van der Waals surface area contributed by atoms with E-state index in [0.717, 1.165) is 17.1 Å². The molecule has 48 heavy (non-hydrogen) atoms. The zero-order valence-corrected chi connectivity index (χ0v) is 27.1. The fraction of sp³-hybridized carbons (Fsp3) is 0. The number of thiophene rings is 1. The van der Waals surface area contributed by atoms with Crippen molar-refractivity contribution in [2.24, 2.45) is 0 Å². The fourth-order valence-electron chi connectivity index (χ4n) is 7.07. The smallest absolute Gasteiger partial charge is 0.0462 e. The number of hydrogen-bond acceptors (Lipinski definition) is 2. The lowest BCUT2D eigenvalue weighted by molar-refractivity contribution is 1.28. The third kappa shape index (κ3) is 4.86. The summed E-state index contributed by atoms with van der Waals surface area (Å²) in [6.07, 6.45) is 0. The summed E-state index contributed by atoms with van der Waals surface area (Å²) in [5.74, 6) is 0. The van der Waals surface area contributed by atoms with Crippen LogP contribution in [0.3, 0.4) is 0 Å². The van der Waals surface area contributed by atoms with Crippen molar-refractivity contribution >= 4 is 59.3 Å². The number of rotatable bonds is 6. The van der Waals surface area contributed by atoms with Gasteiger partial charge in [0.1, 0.15) is 0 Å². The van der Waals surface area contributed by atoms with Crippen molar-refractivity contribution in [1.29, 1.82) is 0 Å². The molecule has 0 atom stereocenters. The summed E-state index contributed by atoms with van der Waals surface area (Å²) in [6, 6.07) is 67.9. The molecule has 0 bridgehead atoms. The Balaban J connectivity index is 1.24. The van der Waals surface area contributed by atoms with E-state index in [1.54, 1.807) is 0 Å².